The second-order valence-electron chi connectivity index (χ2n) is 5.09. The summed E-state index contributed by atoms with van der Waals surface area (Å²) in [6, 6.07) is 0. The number of hydrogen-bond acceptors (Lipinski definition) is 5. The average molecular weight is 288 g/mol. The van der Waals surface area contributed by atoms with Crippen molar-refractivity contribution >= 4 is 23.0 Å². The van der Waals surface area contributed by atoms with Crippen LogP contribution >= 0.6 is 0 Å². The van der Waals surface area contributed by atoms with E-state index in [1.165, 1.54) is 13.1 Å². The van der Waals surface area contributed by atoms with Crippen molar-refractivity contribution in [2.75, 3.05) is 13.1 Å². The van der Waals surface area contributed by atoms with E-state index < -0.39 is 5.97 Å². The van der Waals surface area contributed by atoms with E-state index in [1.807, 2.05) is 0 Å². The number of piperidine rings is 1. The molecule has 0 bridgehead atoms. The van der Waals surface area contributed by atoms with Gasteiger partial charge in [0.2, 0.25) is 5.91 Å². The molecule has 2 aromatic heterocycles. The Morgan fingerprint density at radius 2 is 2.19 bits per heavy atom. The fourth-order valence-corrected chi connectivity index (χ4v) is 2.54. The molecule has 0 aliphatic carbocycles. The van der Waals surface area contributed by atoms with Crippen molar-refractivity contribution in [1.82, 2.24) is 19.9 Å². The molecule has 1 aliphatic rings. The Kier molecular flexibility index (Phi) is 3.55. The Labute approximate surface area is 121 Å². The number of esters is 1. The Bertz CT molecular complexity index is 682. The van der Waals surface area contributed by atoms with E-state index >= 15 is 0 Å². The molecule has 3 heterocycles. The van der Waals surface area contributed by atoms with Gasteiger partial charge in [0.1, 0.15) is 17.2 Å². The topological polar surface area (TPSA) is 88.2 Å². The number of aromatic amines is 1. The van der Waals surface area contributed by atoms with Crippen LogP contribution in [0.4, 0.5) is 0 Å². The van der Waals surface area contributed by atoms with E-state index in [0.717, 1.165) is 19.4 Å². The molecule has 2 aromatic rings. The lowest BCUT2D eigenvalue weighted by Gasteiger charge is -2.31. The predicted octanol–water partition coefficient (Wildman–Crippen LogP) is 1.13. The van der Waals surface area contributed by atoms with Crippen molar-refractivity contribution in [3.05, 3.63) is 24.2 Å². The van der Waals surface area contributed by atoms with Gasteiger partial charge in [0, 0.05) is 32.1 Å². The van der Waals surface area contributed by atoms with Gasteiger partial charge in [0.05, 0.1) is 6.54 Å². The zero-order chi connectivity index (χ0) is 14.8. The predicted molar refractivity (Wildman–Crippen MR) is 74.6 cm³/mol. The van der Waals surface area contributed by atoms with Crippen molar-refractivity contribution in [3.63, 3.8) is 0 Å². The second kappa shape index (κ2) is 5.51. The van der Waals surface area contributed by atoms with Gasteiger partial charge in [0.15, 0.2) is 5.65 Å². The summed E-state index contributed by atoms with van der Waals surface area (Å²) in [5.41, 5.74) is 1.43. The van der Waals surface area contributed by atoms with Gasteiger partial charge in [0.25, 0.3) is 0 Å². The van der Waals surface area contributed by atoms with Gasteiger partial charge in [-0.15, -0.1) is 0 Å². The summed E-state index contributed by atoms with van der Waals surface area (Å²) in [5.74, 6) is -0.425. The van der Waals surface area contributed by atoms with Gasteiger partial charge < -0.3 is 14.6 Å². The molecule has 1 unspecified atom stereocenters. The lowest BCUT2D eigenvalue weighted by atomic mass is 10.1. The molecule has 0 saturated carbocycles. The van der Waals surface area contributed by atoms with Crippen molar-refractivity contribution in [3.8, 4) is 0 Å². The number of hydrogen-bond donors (Lipinski definition) is 1. The van der Waals surface area contributed by atoms with Crippen LogP contribution in [-0.4, -0.2) is 50.9 Å². The molecule has 1 fully saturated rings. The molecule has 7 nitrogen and oxygen atoms in total. The zero-order valence-electron chi connectivity index (χ0n) is 11.7. The maximum atomic E-state index is 12.3. The summed E-state index contributed by atoms with van der Waals surface area (Å²) in [4.78, 5) is 36.5. The van der Waals surface area contributed by atoms with E-state index in [0.29, 0.717) is 23.3 Å². The molecule has 110 valence electrons. The largest absolute Gasteiger partial charge is 0.457 e. The lowest BCUT2D eigenvalue weighted by molar-refractivity contribution is -0.132. The Balaban J connectivity index is 1.73. The fraction of sp³-hybridized carbons (Fsp3) is 0.429. The number of likely N-dealkylation sites (tertiary alicyclic amines) is 1. The SMILES string of the molecule is CC(=O)N1CCCC(OC(=O)c2c[nH]c3nccnc23)C1. The second-order valence-corrected chi connectivity index (χ2v) is 5.09. The monoisotopic (exact) mass is 288 g/mol. The Morgan fingerprint density at radius 1 is 1.38 bits per heavy atom. The van der Waals surface area contributed by atoms with Crippen molar-refractivity contribution in [1.29, 1.82) is 0 Å². The normalized spacial score (nSPS) is 18.7. The van der Waals surface area contributed by atoms with Crippen LogP contribution in [0.15, 0.2) is 18.6 Å². The lowest BCUT2D eigenvalue weighted by Crippen LogP contribution is -2.42. The maximum absolute atomic E-state index is 12.3. The molecule has 1 saturated heterocycles. The van der Waals surface area contributed by atoms with Gasteiger partial charge in [-0.1, -0.05) is 0 Å². The molecule has 0 aromatic carbocycles. The zero-order valence-corrected chi connectivity index (χ0v) is 11.7. The molecular weight excluding hydrogens is 272 g/mol. The minimum Gasteiger partial charge on any atom is -0.457 e. The number of aromatic nitrogens is 3. The number of nitrogens with zero attached hydrogens (tertiary/aromatic N) is 3. The van der Waals surface area contributed by atoms with Crippen LogP contribution in [0.2, 0.25) is 0 Å². The van der Waals surface area contributed by atoms with Gasteiger partial charge in [-0.3, -0.25) is 9.78 Å². The third-order valence-corrected chi connectivity index (χ3v) is 3.62. The molecule has 0 spiro atoms. The highest BCUT2D eigenvalue weighted by Crippen LogP contribution is 2.18. The highest BCUT2D eigenvalue weighted by Gasteiger charge is 2.26. The first-order chi connectivity index (χ1) is 10.1. The molecule has 1 N–H and O–H groups in total. The van der Waals surface area contributed by atoms with Crippen LogP contribution in [0.3, 0.4) is 0 Å². The summed E-state index contributed by atoms with van der Waals surface area (Å²) in [6.45, 7) is 2.70. The first-order valence-electron chi connectivity index (χ1n) is 6.89. The number of ether oxygens (including phenoxy) is 1. The van der Waals surface area contributed by atoms with Crippen LogP contribution in [0.25, 0.3) is 11.2 Å². The molecule has 1 atom stereocenters. The summed E-state index contributed by atoms with van der Waals surface area (Å²) in [5, 5.41) is 0. The smallest absolute Gasteiger partial charge is 0.342 e. The van der Waals surface area contributed by atoms with Crippen LogP contribution in [0, 0.1) is 0 Å². The summed E-state index contributed by atoms with van der Waals surface area (Å²) in [7, 11) is 0. The van der Waals surface area contributed by atoms with Gasteiger partial charge >= 0.3 is 5.97 Å². The Morgan fingerprint density at radius 3 is 3.00 bits per heavy atom. The van der Waals surface area contributed by atoms with E-state index in [9.17, 15) is 9.59 Å². The van der Waals surface area contributed by atoms with E-state index in [2.05, 4.69) is 15.0 Å². The first-order valence-corrected chi connectivity index (χ1v) is 6.89. The minimum atomic E-state index is -0.433. The standard InChI is InChI=1S/C14H16N4O3/c1-9(19)18-6-2-3-10(8-18)21-14(20)11-7-17-13-12(11)15-4-5-16-13/h4-5,7,10H,2-3,6,8H2,1H3,(H,16,17). The highest BCUT2D eigenvalue weighted by molar-refractivity contribution is 6.01. The van der Waals surface area contributed by atoms with Gasteiger partial charge in [-0.25, -0.2) is 9.78 Å². The quantitative estimate of drug-likeness (QED) is 0.837. The fourth-order valence-electron chi connectivity index (χ4n) is 2.54. The molecule has 1 amide bonds. The number of carbonyl (C=O) groups is 2. The molecule has 3 rings (SSSR count). The molecule has 7 heteroatoms. The number of amides is 1. The van der Waals surface area contributed by atoms with E-state index in [-0.39, 0.29) is 12.0 Å². The first kappa shape index (κ1) is 13.5. The van der Waals surface area contributed by atoms with Crippen molar-refractivity contribution in [2.24, 2.45) is 0 Å². The maximum Gasteiger partial charge on any atom is 0.342 e. The summed E-state index contributed by atoms with van der Waals surface area (Å²) in [6.07, 6.45) is 5.98. The van der Waals surface area contributed by atoms with Gasteiger partial charge in [-0.2, -0.15) is 0 Å². The van der Waals surface area contributed by atoms with Crippen LogP contribution in [0.1, 0.15) is 30.1 Å². The molecule has 21 heavy (non-hydrogen) atoms. The number of carbonyl (C=O) groups excluding carboxylic acids is 2. The van der Waals surface area contributed by atoms with E-state index in [1.54, 1.807) is 17.3 Å². The number of rotatable bonds is 2. The average Bonchev–Trinajstić information content (AvgIpc) is 2.91. The Hall–Kier alpha value is -2.44. The van der Waals surface area contributed by atoms with Crippen LogP contribution in [-0.2, 0) is 9.53 Å². The minimum absolute atomic E-state index is 0.00806. The third kappa shape index (κ3) is 2.72. The van der Waals surface area contributed by atoms with E-state index in [4.69, 9.17) is 4.74 Å². The summed E-state index contributed by atoms with van der Waals surface area (Å²) >= 11 is 0. The molecule has 0 radical (unpaired) electrons. The highest BCUT2D eigenvalue weighted by atomic mass is 16.5. The van der Waals surface area contributed by atoms with Crippen LogP contribution in [0.5, 0.6) is 0 Å². The van der Waals surface area contributed by atoms with Crippen molar-refractivity contribution < 1.29 is 14.3 Å². The molecular formula is C14H16N4O3. The van der Waals surface area contributed by atoms with Crippen LogP contribution < -0.4 is 0 Å². The van der Waals surface area contributed by atoms with Crippen molar-refractivity contribution in [2.45, 2.75) is 25.9 Å². The summed E-state index contributed by atoms with van der Waals surface area (Å²) < 4.78 is 5.50. The number of nitrogens with one attached hydrogen (secondary N) is 1. The van der Waals surface area contributed by atoms with Gasteiger partial charge in [-0.05, 0) is 12.8 Å². The number of fused-ring (bicyclic) bond motifs is 1. The number of H-pyrrole nitrogens is 1. The molecule has 1 aliphatic heterocycles. The third-order valence-electron chi connectivity index (χ3n) is 3.62.